The fourth-order valence-corrected chi connectivity index (χ4v) is 2.39. The van der Waals surface area contributed by atoms with Crippen molar-refractivity contribution in [3.8, 4) is 0 Å². The molecule has 7 heteroatoms. The first-order valence-electron chi connectivity index (χ1n) is 6.93. The summed E-state index contributed by atoms with van der Waals surface area (Å²) in [5, 5.41) is 0. The third-order valence-electron chi connectivity index (χ3n) is 3.35. The van der Waals surface area contributed by atoms with Gasteiger partial charge in [-0.1, -0.05) is 0 Å². The molecule has 3 N–H and O–H groups in total. The fraction of sp³-hybridized carbons (Fsp3) is 0.692. The van der Waals surface area contributed by atoms with Crippen LogP contribution in [-0.2, 0) is 16.1 Å². The number of nitrogen functional groups attached to an aromatic ring is 1. The summed E-state index contributed by atoms with van der Waals surface area (Å²) in [5.41, 5.74) is 2.59. The molecular formula is C13H23N5O2. The minimum Gasteiger partial charge on any atom is -0.384 e. The maximum Gasteiger partial charge on any atom is 0.158 e. The summed E-state index contributed by atoms with van der Waals surface area (Å²) in [6.07, 6.45) is 1.12. The first-order chi connectivity index (χ1) is 9.76. The molecule has 2 rings (SSSR count). The number of nitrogens with zero attached hydrogens (tertiary/aromatic N) is 3. The van der Waals surface area contributed by atoms with Crippen LogP contribution in [0.2, 0.25) is 0 Å². The summed E-state index contributed by atoms with van der Waals surface area (Å²) in [6, 6.07) is 1.87. The highest BCUT2D eigenvalue weighted by Gasteiger charge is 2.24. The van der Waals surface area contributed by atoms with E-state index in [0.717, 1.165) is 31.9 Å². The van der Waals surface area contributed by atoms with Crippen LogP contribution in [0, 0.1) is 5.92 Å². The summed E-state index contributed by atoms with van der Waals surface area (Å²) >= 11 is 0. The van der Waals surface area contributed by atoms with E-state index in [0.29, 0.717) is 30.8 Å². The van der Waals surface area contributed by atoms with Crippen LogP contribution in [0.25, 0.3) is 0 Å². The number of hydrogen-bond acceptors (Lipinski definition) is 7. The molecule has 1 aliphatic heterocycles. The van der Waals surface area contributed by atoms with Crippen molar-refractivity contribution >= 4 is 11.6 Å². The van der Waals surface area contributed by atoms with Gasteiger partial charge in [-0.3, -0.25) is 0 Å². The summed E-state index contributed by atoms with van der Waals surface area (Å²) in [7, 11) is 1.74. The third kappa shape index (κ3) is 3.78. The Bertz CT molecular complexity index is 429. The van der Waals surface area contributed by atoms with Gasteiger partial charge in [0, 0.05) is 38.8 Å². The fourth-order valence-electron chi connectivity index (χ4n) is 2.39. The summed E-state index contributed by atoms with van der Waals surface area (Å²) in [6.45, 7) is 5.69. The van der Waals surface area contributed by atoms with Crippen LogP contribution in [0.4, 0.5) is 11.6 Å². The average Bonchev–Trinajstić information content (AvgIpc) is 2.94. The molecule has 1 aromatic heterocycles. The quantitative estimate of drug-likeness (QED) is 0.564. The number of rotatable bonds is 7. The Kier molecular flexibility index (Phi) is 5.51. The number of methoxy groups -OCH3 is 1. The third-order valence-corrected chi connectivity index (χ3v) is 3.35. The number of nitrogens with one attached hydrogen (secondary N) is 1. The standard InChI is InChI=1S/C13H23N5O2/c1-3-20-9-12-15-11(17-14)6-13(16-12)18-5-4-10(7-18)8-19-2/h6,10H,3-5,7-9,14H2,1-2H3,(H,15,16,17). The number of anilines is 2. The molecule has 112 valence electrons. The molecule has 1 atom stereocenters. The molecule has 0 aromatic carbocycles. The maximum absolute atomic E-state index is 5.47. The number of hydrazine groups is 1. The zero-order chi connectivity index (χ0) is 14.4. The molecule has 7 nitrogen and oxygen atoms in total. The summed E-state index contributed by atoms with van der Waals surface area (Å²) in [5.74, 6) is 8.17. The molecule has 2 heterocycles. The van der Waals surface area contributed by atoms with Gasteiger partial charge in [-0.25, -0.2) is 15.8 Å². The zero-order valence-electron chi connectivity index (χ0n) is 12.1. The van der Waals surface area contributed by atoms with E-state index in [4.69, 9.17) is 15.3 Å². The van der Waals surface area contributed by atoms with E-state index in [1.807, 2.05) is 13.0 Å². The van der Waals surface area contributed by atoms with Crippen molar-refractivity contribution in [1.29, 1.82) is 0 Å². The second kappa shape index (κ2) is 7.37. The topological polar surface area (TPSA) is 85.5 Å². The molecule has 0 bridgehead atoms. The van der Waals surface area contributed by atoms with Gasteiger partial charge in [0.25, 0.3) is 0 Å². The minimum atomic E-state index is 0.397. The van der Waals surface area contributed by atoms with Crippen molar-refractivity contribution in [3.05, 3.63) is 11.9 Å². The van der Waals surface area contributed by atoms with Crippen molar-refractivity contribution in [3.63, 3.8) is 0 Å². The highest BCUT2D eigenvalue weighted by molar-refractivity contribution is 5.49. The Hall–Kier alpha value is -1.44. The van der Waals surface area contributed by atoms with Crippen molar-refractivity contribution in [2.24, 2.45) is 11.8 Å². The van der Waals surface area contributed by atoms with Crippen LogP contribution in [0.15, 0.2) is 6.07 Å². The number of hydrogen-bond donors (Lipinski definition) is 2. The van der Waals surface area contributed by atoms with E-state index in [2.05, 4.69) is 20.3 Å². The Balaban J connectivity index is 2.10. The first-order valence-corrected chi connectivity index (χ1v) is 6.93. The summed E-state index contributed by atoms with van der Waals surface area (Å²) < 4.78 is 10.6. The molecule has 0 saturated carbocycles. The largest absolute Gasteiger partial charge is 0.384 e. The van der Waals surface area contributed by atoms with Gasteiger partial charge in [-0.15, -0.1) is 0 Å². The monoisotopic (exact) mass is 281 g/mol. The van der Waals surface area contributed by atoms with Gasteiger partial charge in [0.1, 0.15) is 18.2 Å². The maximum atomic E-state index is 5.47. The van der Waals surface area contributed by atoms with E-state index in [-0.39, 0.29) is 0 Å². The Morgan fingerprint density at radius 1 is 1.50 bits per heavy atom. The zero-order valence-corrected chi connectivity index (χ0v) is 12.1. The Labute approximate surface area is 119 Å². The molecule has 0 spiro atoms. The molecule has 1 saturated heterocycles. The van der Waals surface area contributed by atoms with Crippen LogP contribution in [0.1, 0.15) is 19.2 Å². The van der Waals surface area contributed by atoms with Crippen LogP contribution in [0.5, 0.6) is 0 Å². The Morgan fingerprint density at radius 3 is 3.05 bits per heavy atom. The SMILES string of the molecule is CCOCc1nc(NN)cc(N2CCC(COC)C2)n1. The van der Waals surface area contributed by atoms with Crippen molar-refractivity contribution in [2.75, 3.05) is 43.7 Å². The lowest BCUT2D eigenvalue weighted by atomic mass is 10.1. The van der Waals surface area contributed by atoms with Gasteiger partial charge in [-0.05, 0) is 13.3 Å². The van der Waals surface area contributed by atoms with E-state index in [1.54, 1.807) is 7.11 Å². The van der Waals surface area contributed by atoms with Crippen molar-refractivity contribution in [2.45, 2.75) is 20.0 Å². The Morgan fingerprint density at radius 2 is 2.35 bits per heavy atom. The van der Waals surface area contributed by atoms with E-state index in [1.165, 1.54) is 0 Å². The normalized spacial score (nSPS) is 18.6. The molecule has 0 aliphatic carbocycles. The van der Waals surface area contributed by atoms with Gasteiger partial charge in [0.05, 0.1) is 6.61 Å². The number of aromatic nitrogens is 2. The molecule has 20 heavy (non-hydrogen) atoms. The van der Waals surface area contributed by atoms with Gasteiger partial charge in [0.2, 0.25) is 0 Å². The lowest BCUT2D eigenvalue weighted by molar-refractivity contribution is 0.128. The number of ether oxygens (including phenoxy) is 2. The second-order valence-electron chi connectivity index (χ2n) is 4.87. The minimum absolute atomic E-state index is 0.397. The van der Waals surface area contributed by atoms with Gasteiger partial charge in [0.15, 0.2) is 5.82 Å². The van der Waals surface area contributed by atoms with E-state index in [9.17, 15) is 0 Å². The lowest BCUT2D eigenvalue weighted by Crippen LogP contribution is -2.23. The number of nitrogens with two attached hydrogens (primary N) is 1. The highest BCUT2D eigenvalue weighted by atomic mass is 16.5. The van der Waals surface area contributed by atoms with Gasteiger partial charge < -0.3 is 19.8 Å². The highest BCUT2D eigenvalue weighted by Crippen LogP contribution is 2.24. The smallest absolute Gasteiger partial charge is 0.158 e. The van der Waals surface area contributed by atoms with E-state index < -0.39 is 0 Å². The molecule has 1 aromatic rings. The molecule has 1 fully saturated rings. The van der Waals surface area contributed by atoms with Gasteiger partial charge in [-0.2, -0.15) is 0 Å². The first kappa shape index (κ1) is 15.0. The van der Waals surface area contributed by atoms with Crippen LogP contribution >= 0.6 is 0 Å². The predicted octanol–water partition coefficient (Wildman–Crippen LogP) is 0.771. The molecule has 1 unspecified atom stereocenters. The van der Waals surface area contributed by atoms with Crippen molar-refractivity contribution < 1.29 is 9.47 Å². The molecule has 0 radical (unpaired) electrons. The van der Waals surface area contributed by atoms with E-state index >= 15 is 0 Å². The molecular weight excluding hydrogens is 258 g/mol. The second-order valence-corrected chi connectivity index (χ2v) is 4.87. The average molecular weight is 281 g/mol. The lowest BCUT2D eigenvalue weighted by Gasteiger charge is -2.19. The predicted molar refractivity (Wildman–Crippen MR) is 77.4 cm³/mol. The molecule has 1 aliphatic rings. The molecule has 0 amide bonds. The van der Waals surface area contributed by atoms with Crippen LogP contribution in [-0.4, -0.2) is 43.4 Å². The summed E-state index contributed by atoms with van der Waals surface area (Å²) in [4.78, 5) is 11.1. The van der Waals surface area contributed by atoms with Crippen LogP contribution in [0.3, 0.4) is 0 Å². The van der Waals surface area contributed by atoms with Crippen molar-refractivity contribution in [1.82, 2.24) is 9.97 Å². The van der Waals surface area contributed by atoms with Crippen LogP contribution < -0.4 is 16.2 Å². The van der Waals surface area contributed by atoms with Gasteiger partial charge >= 0.3 is 0 Å².